The number of aliphatic carboxylic acids is 1. The highest BCUT2D eigenvalue weighted by Crippen LogP contribution is 2.25. The standard InChI is InChI=1S/C30H34N2O5/c1-22-9-11-24(12-10-22)20-32-21-25(31(3)29(32)35)17-18-36-26-15-13-23(14-16-26)19-30(2,28(33)34)37-27-7-5-4-6-8-27/h4-16,25H,17-21H2,1-3H3,(H,33,34)/t25-,30-/m0/s1. The third-order valence-corrected chi connectivity index (χ3v) is 6.77. The lowest BCUT2D eigenvalue weighted by molar-refractivity contribution is -0.153. The number of para-hydroxylation sites is 1. The van der Waals surface area contributed by atoms with Crippen molar-refractivity contribution in [3.63, 3.8) is 0 Å². The maximum atomic E-state index is 12.7. The fourth-order valence-electron chi connectivity index (χ4n) is 4.48. The number of ether oxygens (including phenoxy) is 2. The Balaban J connectivity index is 1.28. The van der Waals surface area contributed by atoms with Gasteiger partial charge < -0.3 is 24.4 Å². The van der Waals surface area contributed by atoms with Crippen molar-refractivity contribution >= 4 is 12.0 Å². The second-order valence-corrected chi connectivity index (χ2v) is 9.82. The number of aryl methyl sites for hydroxylation is 1. The molecule has 1 fully saturated rings. The Morgan fingerprint density at radius 2 is 1.62 bits per heavy atom. The Labute approximate surface area is 218 Å². The van der Waals surface area contributed by atoms with Crippen LogP contribution in [0.4, 0.5) is 4.79 Å². The average molecular weight is 503 g/mol. The molecular weight excluding hydrogens is 468 g/mol. The van der Waals surface area contributed by atoms with Gasteiger partial charge in [-0.25, -0.2) is 9.59 Å². The molecule has 1 aliphatic heterocycles. The molecule has 0 radical (unpaired) electrons. The van der Waals surface area contributed by atoms with Crippen molar-refractivity contribution in [1.29, 1.82) is 0 Å². The first-order valence-electron chi connectivity index (χ1n) is 12.5. The summed E-state index contributed by atoms with van der Waals surface area (Å²) in [6.45, 7) is 5.38. The molecule has 2 atom stereocenters. The summed E-state index contributed by atoms with van der Waals surface area (Å²) in [5.41, 5.74) is 1.76. The van der Waals surface area contributed by atoms with Crippen LogP contribution in [0.1, 0.15) is 30.0 Å². The molecule has 2 amide bonds. The first kappa shape index (κ1) is 26.1. The van der Waals surface area contributed by atoms with Crippen LogP contribution in [0.25, 0.3) is 0 Å². The summed E-state index contributed by atoms with van der Waals surface area (Å²) in [5, 5.41) is 9.80. The van der Waals surface area contributed by atoms with Crippen molar-refractivity contribution < 1.29 is 24.2 Å². The van der Waals surface area contributed by atoms with E-state index in [1.165, 1.54) is 5.56 Å². The van der Waals surface area contributed by atoms with E-state index in [4.69, 9.17) is 9.47 Å². The number of carbonyl (C=O) groups excluding carboxylic acids is 1. The van der Waals surface area contributed by atoms with Crippen LogP contribution in [0.2, 0.25) is 0 Å². The molecule has 0 aliphatic carbocycles. The number of likely N-dealkylation sites (N-methyl/N-ethyl adjacent to an activating group) is 1. The predicted molar refractivity (Wildman–Crippen MR) is 142 cm³/mol. The summed E-state index contributed by atoms with van der Waals surface area (Å²) in [6, 6.07) is 24.7. The van der Waals surface area contributed by atoms with E-state index in [1.54, 1.807) is 24.0 Å². The maximum Gasteiger partial charge on any atom is 0.348 e. The molecule has 7 nitrogen and oxygen atoms in total. The molecule has 0 aromatic heterocycles. The van der Waals surface area contributed by atoms with E-state index >= 15 is 0 Å². The lowest BCUT2D eigenvalue weighted by Gasteiger charge is -2.26. The van der Waals surface area contributed by atoms with Gasteiger partial charge in [0.15, 0.2) is 0 Å². The summed E-state index contributed by atoms with van der Waals surface area (Å²) in [6.07, 6.45) is 0.930. The number of carbonyl (C=O) groups is 2. The molecule has 1 N–H and O–H groups in total. The van der Waals surface area contributed by atoms with Gasteiger partial charge in [0.25, 0.3) is 0 Å². The van der Waals surface area contributed by atoms with E-state index in [2.05, 4.69) is 31.2 Å². The number of nitrogens with zero attached hydrogens (tertiary/aromatic N) is 2. The van der Waals surface area contributed by atoms with Crippen molar-refractivity contribution in [2.24, 2.45) is 0 Å². The highest BCUT2D eigenvalue weighted by Gasteiger charge is 2.36. The number of hydrogen-bond acceptors (Lipinski definition) is 4. The van der Waals surface area contributed by atoms with Crippen LogP contribution in [0.5, 0.6) is 11.5 Å². The molecule has 0 unspecified atom stereocenters. The zero-order chi connectivity index (χ0) is 26.4. The van der Waals surface area contributed by atoms with Crippen LogP contribution < -0.4 is 9.47 Å². The van der Waals surface area contributed by atoms with Gasteiger partial charge in [0.2, 0.25) is 5.60 Å². The van der Waals surface area contributed by atoms with Gasteiger partial charge in [-0.15, -0.1) is 0 Å². The van der Waals surface area contributed by atoms with Gasteiger partial charge >= 0.3 is 12.0 Å². The number of amides is 2. The molecule has 7 heteroatoms. The van der Waals surface area contributed by atoms with Crippen LogP contribution in [-0.4, -0.2) is 58.7 Å². The minimum Gasteiger partial charge on any atom is -0.494 e. The fraction of sp³-hybridized carbons (Fsp3) is 0.333. The summed E-state index contributed by atoms with van der Waals surface area (Å²) >= 11 is 0. The van der Waals surface area contributed by atoms with Crippen LogP contribution in [0.15, 0.2) is 78.9 Å². The second-order valence-electron chi connectivity index (χ2n) is 9.82. The number of rotatable bonds is 11. The molecule has 3 aromatic rings. The van der Waals surface area contributed by atoms with Crippen molar-refractivity contribution in [2.45, 2.75) is 44.9 Å². The summed E-state index contributed by atoms with van der Waals surface area (Å²) < 4.78 is 11.8. The maximum absolute atomic E-state index is 12.7. The lowest BCUT2D eigenvalue weighted by atomic mass is 9.96. The number of hydrogen-bond donors (Lipinski definition) is 1. The van der Waals surface area contributed by atoms with Crippen molar-refractivity contribution in [1.82, 2.24) is 9.80 Å². The average Bonchev–Trinajstić information content (AvgIpc) is 3.14. The van der Waals surface area contributed by atoms with Gasteiger partial charge in [0.05, 0.1) is 12.6 Å². The van der Waals surface area contributed by atoms with Gasteiger partial charge in [-0.1, -0.05) is 60.2 Å². The Kier molecular flexibility index (Phi) is 8.01. The van der Waals surface area contributed by atoms with E-state index in [-0.39, 0.29) is 18.5 Å². The Morgan fingerprint density at radius 1 is 0.973 bits per heavy atom. The van der Waals surface area contributed by atoms with Crippen LogP contribution in [0.3, 0.4) is 0 Å². The highest BCUT2D eigenvalue weighted by molar-refractivity contribution is 5.78. The highest BCUT2D eigenvalue weighted by atomic mass is 16.5. The minimum atomic E-state index is -1.40. The molecule has 0 saturated carbocycles. The fourth-order valence-corrected chi connectivity index (χ4v) is 4.48. The number of urea groups is 1. The molecule has 4 rings (SSSR count). The topological polar surface area (TPSA) is 79.3 Å². The monoisotopic (exact) mass is 502 g/mol. The third kappa shape index (κ3) is 6.61. The Bertz CT molecular complexity index is 1200. The van der Waals surface area contributed by atoms with E-state index in [1.807, 2.05) is 54.4 Å². The molecule has 194 valence electrons. The molecule has 1 saturated heterocycles. The molecule has 3 aromatic carbocycles. The van der Waals surface area contributed by atoms with Gasteiger partial charge in [0, 0.05) is 33.0 Å². The molecule has 1 aliphatic rings. The van der Waals surface area contributed by atoms with Gasteiger partial charge in [-0.2, -0.15) is 0 Å². The van der Waals surface area contributed by atoms with E-state index < -0.39 is 11.6 Å². The Hall–Kier alpha value is -4.00. The SMILES string of the molecule is Cc1ccc(CN2C[C@H](CCOc3ccc(C[C@](C)(Oc4ccccc4)C(=O)O)cc3)N(C)C2=O)cc1. The van der Waals surface area contributed by atoms with Gasteiger partial charge in [0.1, 0.15) is 11.5 Å². The van der Waals surface area contributed by atoms with Crippen molar-refractivity contribution in [3.05, 3.63) is 95.6 Å². The molecule has 0 spiro atoms. The van der Waals surface area contributed by atoms with E-state index in [9.17, 15) is 14.7 Å². The molecule has 0 bridgehead atoms. The van der Waals surface area contributed by atoms with E-state index in [0.29, 0.717) is 31.2 Å². The first-order chi connectivity index (χ1) is 17.7. The number of carboxylic acids is 1. The zero-order valence-electron chi connectivity index (χ0n) is 21.6. The van der Waals surface area contributed by atoms with Crippen LogP contribution >= 0.6 is 0 Å². The lowest BCUT2D eigenvalue weighted by Crippen LogP contribution is -2.43. The quantitative estimate of drug-likeness (QED) is 0.392. The summed E-state index contributed by atoms with van der Waals surface area (Å²) in [4.78, 5) is 28.3. The van der Waals surface area contributed by atoms with Gasteiger partial charge in [-0.3, -0.25) is 0 Å². The second kappa shape index (κ2) is 11.4. The zero-order valence-corrected chi connectivity index (χ0v) is 21.6. The number of carboxylic acid groups (broad SMARTS) is 1. The van der Waals surface area contributed by atoms with Crippen molar-refractivity contribution in [2.75, 3.05) is 20.2 Å². The molecular formula is C30H34N2O5. The largest absolute Gasteiger partial charge is 0.494 e. The van der Waals surface area contributed by atoms with E-state index in [0.717, 1.165) is 17.5 Å². The summed E-state index contributed by atoms with van der Waals surface area (Å²) in [7, 11) is 1.84. The van der Waals surface area contributed by atoms with Crippen LogP contribution in [-0.2, 0) is 17.8 Å². The normalized spacial score (nSPS) is 16.9. The van der Waals surface area contributed by atoms with Crippen LogP contribution in [0, 0.1) is 6.92 Å². The van der Waals surface area contributed by atoms with Crippen molar-refractivity contribution in [3.8, 4) is 11.5 Å². The molecule has 1 heterocycles. The Morgan fingerprint density at radius 3 is 2.27 bits per heavy atom. The third-order valence-electron chi connectivity index (χ3n) is 6.77. The molecule has 37 heavy (non-hydrogen) atoms. The predicted octanol–water partition coefficient (Wildman–Crippen LogP) is 5.16. The number of benzene rings is 3. The smallest absolute Gasteiger partial charge is 0.348 e. The first-order valence-corrected chi connectivity index (χ1v) is 12.5. The summed E-state index contributed by atoms with van der Waals surface area (Å²) in [5.74, 6) is 0.191. The van der Waals surface area contributed by atoms with Gasteiger partial charge in [-0.05, 0) is 49.2 Å². The minimum absolute atomic E-state index is 0.0362.